The molecule has 6 heteroatoms. The summed E-state index contributed by atoms with van der Waals surface area (Å²) in [6, 6.07) is 3.77. The lowest BCUT2D eigenvalue weighted by Crippen LogP contribution is -2.36. The van der Waals surface area contributed by atoms with E-state index >= 15 is 0 Å². The Morgan fingerprint density at radius 1 is 1.22 bits per heavy atom. The maximum atomic E-state index is 13.6. The molecule has 1 aliphatic carbocycles. The van der Waals surface area contributed by atoms with Crippen LogP contribution in [0.1, 0.15) is 32.1 Å². The molecule has 0 bridgehead atoms. The minimum Gasteiger partial charge on any atom is -0.398 e. The molecule has 0 atom stereocenters. The van der Waals surface area contributed by atoms with Crippen LogP contribution in [0.5, 0.6) is 0 Å². The van der Waals surface area contributed by atoms with E-state index in [1.54, 1.807) is 0 Å². The standard InChI is InChI=1S/C12H17FN2O2S/c13-10-7-4-8-11(14)12(10)18(16,17)15-9-5-2-1-3-6-9/h4,7-9,15H,1-3,5-6,14H2. The van der Waals surface area contributed by atoms with Gasteiger partial charge < -0.3 is 5.73 Å². The van der Waals surface area contributed by atoms with Crippen molar-refractivity contribution in [1.82, 2.24) is 4.72 Å². The van der Waals surface area contributed by atoms with Crippen LogP contribution in [-0.4, -0.2) is 14.5 Å². The number of hydrogen-bond donors (Lipinski definition) is 2. The molecule has 3 N–H and O–H groups in total. The molecular formula is C12H17FN2O2S. The summed E-state index contributed by atoms with van der Waals surface area (Å²) in [6.45, 7) is 0. The number of benzene rings is 1. The second-order valence-corrected chi connectivity index (χ2v) is 6.27. The quantitative estimate of drug-likeness (QED) is 0.827. The van der Waals surface area contributed by atoms with Gasteiger partial charge in [-0.25, -0.2) is 17.5 Å². The summed E-state index contributed by atoms with van der Waals surface area (Å²) in [7, 11) is -3.87. The first-order valence-electron chi connectivity index (χ1n) is 6.07. The Hall–Kier alpha value is -1.14. The van der Waals surface area contributed by atoms with E-state index in [0.717, 1.165) is 38.2 Å². The number of sulfonamides is 1. The van der Waals surface area contributed by atoms with E-state index in [9.17, 15) is 12.8 Å². The van der Waals surface area contributed by atoms with Crippen LogP contribution in [0.15, 0.2) is 23.1 Å². The highest BCUT2D eigenvalue weighted by Gasteiger charge is 2.26. The van der Waals surface area contributed by atoms with Gasteiger partial charge in [-0.15, -0.1) is 0 Å². The summed E-state index contributed by atoms with van der Waals surface area (Å²) in [5, 5.41) is 0. The first-order chi connectivity index (χ1) is 8.50. The lowest BCUT2D eigenvalue weighted by molar-refractivity contribution is 0.411. The van der Waals surface area contributed by atoms with Gasteiger partial charge in [0.25, 0.3) is 0 Å². The minimum absolute atomic E-state index is 0.0571. The van der Waals surface area contributed by atoms with Crippen molar-refractivity contribution in [2.45, 2.75) is 43.0 Å². The lowest BCUT2D eigenvalue weighted by Gasteiger charge is -2.23. The molecule has 0 amide bonds. The molecule has 1 aliphatic rings. The summed E-state index contributed by atoms with van der Waals surface area (Å²) in [5.41, 5.74) is 5.50. The Balaban J connectivity index is 2.25. The van der Waals surface area contributed by atoms with Crippen LogP contribution >= 0.6 is 0 Å². The monoisotopic (exact) mass is 272 g/mol. The minimum atomic E-state index is -3.87. The number of halogens is 1. The third kappa shape index (κ3) is 2.81. The van der Waals surface area contributed by atoms with E-state index in [-0.39, 0.29) is 11.7 Å². The van der Waals surface area contributed by atoms with Crippen molar-refractivity contribution in [3.63, 3.8) is 0 Å². The van der Waals surface area contributed by atoms with Crippen molar-refractivity contribution in [3.8, 4) is 0 Å². The fourth-order valence-electron chi connectivity index (χ4n) is 2.31. The van der Waals surface area contributed by atoms with Crippen molar-refractivity contribution >= 4 is 15.7 Å². The normalized spacial score (nSPS) is 17.8. The summed E-state index contributed by atoms with van der Waals surface area (Å²) in [5.74, 6) is -0.807. The maximum absolute atomic E-state index is 13.6. The molecule has 4 nitrogen and oxygen atoms in total. The van der Waals surface area contributed by atoms with Gasteiger partial charge >= 0.3 is 0 Å². The van der Waals surface area contributed by atoms with E-state index in [4.69, 9.17) is 5.73 Å². The Kier molecular flexibility index (Phi) is 3.87. The van der Waals surface area contributed by atoms with Gasteiger partial charge in [-0.05, 0) is 25.0 Å². The van der Waals surface area contributed by atoms with Crippen LogP contribution in [0.3, 0.4) is 0 Å². The third-order valence-electron chi connectivity index (χ3n) is 3.19. The molecule has 18 heavy (non-hydrogen) atoms. The molecule has 1 fully saturated rings. The predicted molar refractivity (Wildman–Crippen MR) is 68.0 cm³/mol. The number of anilines is 1. The number of nitrogens with one attached hydrogen (secondary N) is 1. The van der Waals surface area contributed by atoms with Gasteiger partial charge in [-0.3, -0.25) is 0 Å². The van der Waals surface area contributed by atoms with Crippen LogP contribution in [0, 0.1) is 5.82 Å². The molecule has 0 aromatic heterocycles. The van der Waals surface area contributed by atoms with Crippen molar-refractivity contribution in [1.29, 1.82) is 0 Å². The highest BCUT2D eigenvalue weighted by molar-refractivity contribution is 7.89. The molecule has 0 aliphatic heterocycles. The van der Waals surface area contributed by atoms with Crippen LogP contribution in [0.4, 0.5) is 10.1 Å². The van der Waals surface area contributed by atoms with E-state index in [1.165, 1.54) is 12.1 Å². The molecule has 2 rings (SSSR count). The van der Waals surface area contributed by atoms with Gasteiger partial charge in [-0.1, -0.05) is 25.3 Å². The molecule has 0 radical (unpaired) electrons. The maximum Gasteiger partial charge on any atom is 0.245 e. The molecule has 0 heterocycles. The number of rotatable bonds is 3. The fraction of sp³-hybridized carbons (Fsp3) is 0.500. The van der Waals surface area contributed by atoms with Gasteiger partial charge in [0.05, 0.1) is 5.69 Å². The summed E-state index contributed by atoms with van der Waals surface area (Å²) in [4.78, 5) is -0.435. The van der Waals surface area contributed by atoms with Crippen LogP contribution in [0.25, 0.3) is 0 Å². The first kappa shape index (κ1) is 13.3. The number of hydrogen-bond acceptors (Lipinski definition) is 3. The molecule has 1 aromatic carbocycles. The van der Waals surface area contributed by atoms with Crippen LogP contribution in [-0.2, 0) is 10.0 Å². The van der Waals surface area contributed by atoms with Gasteiger partial charge in [-0.2, -0.15) is 0 Å². The summed E-state index contributed by atoms with van der Waals surface area (Å²) in [6.07, 6.45) is 4.72. The zero-order chi connectivity index (χ0) is 13.2. The first-order valence-corrected chi connectivity index (χ1v) is 7.55. The second kappa shape index (κ2) is 5.24. The van der Waals surface area contributed by atoms with Crippen molar-refractivity contribution in [2.24, 2.45) is 0 Å². The number of nitrogens with two attached hydrogens (primary N) is 1. The smallest absolute Gasteiger partial charge is 0.245 e. The Morgan fingerprint density at radius 3 is 2.50 bits per heavy atom. The SMILES string of the molecule is Nc1cccc(F)c1S(=O)(=O)NC1CCCCC1. The molecule has 1 aromatic rings. The van der Waals surface area contributed by atoms with E-state index in [2.05, 4.69) is 4.72 Å². The Morgan fingerprint density at radius 2 is 1.89 bits per heavy atom. The third-order valence-corrected chi connectivity index (χ3v) is 4.80. The highest BCUT2D eigenvalue weighted by atomic mass is 32.2. The van der Waals surface area contributed by atoms with Gasteiger partial charge in [0.15, 0.2) is 0 Å². The second-order valence-electron chi connectivity index (χ2n) is 4.61. The molecule has 100 valence electrons. The summed E-state index contributed by atoms with van der Waals surface area (Å²) < 4.78 is 40.4. The fourth-order valence-corrected chi connectivity index (χ4v) is 3.80. The largest absolute Gasteiger partial charge is 0.398 e. The molecular weight excluding hydrogens is 255 g/mol. The van der Waals surface area contributed by atoms with Crippen LogP contribution in [0.2, 0.25) is 0 Å². The van der Waals surface area contributed by atoms with E-state index < -0.39 is 20.7 Å². The molecule has 0 saturated heterocycles. The van der Waals surface area contributed by atoms with Crippen molar-refractivity contribution in [3.05, 3.63) is 24.0 Å². The zero-order valence-electron chi connectivity index (χ0n) is 10.0. The lowest BCUT2D eigenvalue weighted by atomic mass is 9.96. The average molecular weight is 272 g/mol. The number of nitrogen functional groups attached to an aromatic ring is 1. The van der Waals surface area contributed by atoms with E-state index in [0.29, 0.717) is 0 Å². The molecule has 0 spiro atoms. The van der Waals surface area contributed by atoms with Gasteiger partial charge in [0.1, 0.15) is 10.7 Å². The Bertz CT molecular complexity index is 505. The van der Waals surface area contributed by atoms with E-state index in [1.807, 2.05) is 0 Å². The average Bonchev–Trinajstić information content (AvgIpc) is 2.28. The van der Waals surface area contributed by atoms with Crippen molar-refractivity contribution < 1.29 is 12.8 Å². The predicted octanol–water partition coefficient (Wildman–Crippen LogP) is 2.02. The topological polar surface area (TPSA) is 72.2 Å². The Labute approximate surface area is 106 Å². The highest BCUT2D eigenvalue weighted by Crippen LogP contribution is 2.24. The van der Waals surface area contributed by atoms with Gasteiger partial charge in [0.2, 0.25) is 10.0 Å². The summed E-state index contributed by atoms with van der Waals surface area (Å²) >= 11 is 0. The molecule has 0 unspecified atom stereocenters. The zero-order valence-corrected chi connectivity index (χ0v) is 10.8. The molecule has 1 saturated carbocycles. The van der Waals surface area contributed by atoms with Gasteiger partial charge in [0, 0.05) is 6.04 Å². The van der Waals surface area contributed by atoms with Crippen molar-refractivity contribution in [2.75, 3.05) is 5.73 Å². The van der Waals surface area contributed by atoms with Crippen LogP contribution < -0.4 is 10.5 Å².